The lowest BCUT2D eigenvalue weighted by Crippen LogP contribution is -2.47. The Hall–Kier alpha value is -2.79. The maximum Gasteiger partial charge on any atom is 0.270 e. The lowest BCUT2D eigenvalue weighted by molar-refractivity contribution is -0.384. The predicted molar refractivity (Wildman–Crippen MR) is 155 cm³/mol. The van der Waals surface area contributed by atoms with E-state index in [0.29, 0.717) is 33.7 Å². The zero-order valence-corrected chi connectivity index (χ0v) is 24.4. The minimum absolute atomic E-state index is 0.115. The van der Waals surface area contributed by atoms with Crippen LogP contribution < -0.4 is 10.1 Å². The lowest BCUT2D eigenvalue weighted by Gasteiger charge is -2.25. The summed E-state index contributed by atoms with van der Waals surface area (Å²) in [4.78, 5) is 38.1. The molecule has 200 valence electrons. The van der Waals surface area contributed by atoms with Gasteiger partial charge in [0.15, 0.2) is 0 Å². The Labute approximate surface area is 242 Å². The number of carbonyl (C=O) groups excluding carboxylic acids is 2. The van der Waals surface area contributed by atoms with Crippen molar-refractivity contribution in [1.82, 2.24) is 10.2 Å². The number of hydrogen-bond acceptors (Lipinski definition) is 6. The van der Waals surface area contributed by atoms with E-state index in [4.69, 9.17) is 27.9 Å². The van der Waals surface area contributed by atoms with E-state index in [2.05, 4.69) is 21.2 Å². The molecule has 0 spiro atoms. The molecule has 0 aromatic heterocycles. The molecule has 3 rings (SSSR count). The molecule has 0 fully saturated rings. The van der Waals surface area contributed by atoms with Crippen LogP contribution in [0.4, 0.5) is 5.69 Å². The summed E-state index contributed by atoms with van der Waals surface area (Å²) in [7, 11) is 1.65. The molecule has 1 N–H and O–H groups in total. The number of hydrogen-bond donors (Lipinski definition) is 1. The molecule has 0 heterocycles. The largest absolute Gasteiger partial charge is 0.457 e. The van der Waals surface area contributed by atoms with Gasteiger partial charge in [-0.05, 0) is 54.3 Å². The average molecular weight is 641 g/mol. The first-order valence-electron chi connectivity index (χ1n) is 11.3. The summed E-state index contributed by atoms with van der Waals surface area (Å²) in [5, 5.41) is 14.6. The second-order valence-electron chi connectivity index (χ2n) is 8.24. The summed E-state index contributed by atoms with van der Waals surface area (Å²) in [6, 6.07) is 15.0. The SMILES string of the molecule is CSCCC(NC(=O)c1cccc([N+](=O)[O-])c1)C(=O)N(C)Cc1ccc(Oc2ccc(Cl)c(Cl)c2)cc1Br. The van der Waals surface area contributed by atoms with Gasteiger partial charge in [-0.1, -0.05) is 51.3 Å². The summed E-state index contributed by atoms with van der Waals surface area (Å²) in [6.07, 6.45) is 2.31. The van der Waals surface area contributed by atoms with Crippen LogP contribution in [0, 0.1) is 10.1 Å². The fraction of sp³-hybridized carbons (Fsp3) is 0.231. The molecule has 3 aromatic carbocycles. The quantitative estimate of drug-likeness (QED) is 0.179. The maximum absolute atomic E-state index is 13.3. The molecule has 8 nitrogen and oxygen atoms in total. The van der Waals surface area contributed by atoms with Crippen molar-refractivity contribution in [2.75, 3.05) is 19.1 Å². The second kappa shape index (κ2) is 13.8. The third-order valence-corrected chi connectivity index (χ3v) is 7.59. The van der Waals surface area contributed by atoms with Crippen molar-refractivity contribution < 1.29 is 19.2 Å². The maximum atomic E-state index is 13.3. The average Bonchev–Trinajstić information content (AvgIpc) is 2.89. The summed E-state index contributed by atoms with van der Waals surface area (Å²) < 4.78 is 6.58. The van der Waals surface area contributed by atoms with Crippen LogP contribution in [0.15, 0.2) is 65.1 Å². The van der Waals surface area contributed by atoms with Crippen LogP contribution in [0.2, 0.25) is 10.0 Å². The number of halogens is 3. The van der Waals surface area contributed by atoms with Crippen LogP contribution in [0.25, 0.3) is 0 Å². The molecular weight excluding hydrogens is 617 g/mol. The van der Waals surface area contributed by atoms with Crippen LogP contribution in [0.3, 0.4) is 0 Å². The highest BCUT2D eigenvalue weighted by atomic mass is 79.9. The molecule has 1 atom stereocenters. The Balaban J connectivity index is 1.69. The van der Waals surface area contributed by atoms with Gasteiger partial charge in [-0.15, -0.1) is 0 Å². The zero-order chi connectivity index (χ0) is 27.8. The first-order valence-corrected chi connectivity index (χ1v) is 14.2. The fourth-order valence-electron chi connectivity index (χ4n) is 3.49. The Bertz CT molecular complexity index is 1340. The summed E-state index contributed by atoms with van der Waals surface area (Å²) in [5.41, 5.74) is 0.748. The van der Waals surface area contributed by atoms with E-state index in [1.165, 1.54) is 29.2 Å². The number of nitro groups is 1. The van der Waals surface area contributed by atoms with E-state index in [0.717, 1.165) is 10.0 Å². The number of nitrogens with zero attached hydrogens (tertiary/aromatic N) is 2. The Morgan fingerprint density at radius 1 is 1.11 bits per heavy atom. The molecule has 0 aliphatic carbocycles. The highest BCUT2D eigenvalue weighted by molar-refractivity contribution is 9.10. The van der Waals surface area contributed by atoms with Gasteiger partial charge in [0.05, 0.1) is 15.0 Å². The smallest absolute Gasteiger partial charge is 0.270 e. The molecule has 0 aliphatic rings. The first kappa shape index (κ1) is 29.8. The van der Waals surface area contributed by atoms with Crippen LogP contribution in [-0.4, -0.2) is 46.7 Å². The van der Waals surface area contributed by atoms with E-state index < -0.39 is 16.9 Å². The van der Waals surface area contributed by atoms with Crippen molar-refractivity contribution in [3.05, 3.63) is 96.4 Å². The van der Waals surface area contributed by atoms with Gasteiger partial charge in [0.1, 0.15) is 17.5 Å². The fourth-order valence-corrected chi connectivity index (χ4v) is 4.73. The summed E-state index contributed by atoms with van der Waals surface area (Å²) >= 11 is 17.1. The van der Waals surface area contributed by atoms with Crippen molar-refractivity contribution in [2.45, 2.75) is 19.0 Å². The number of amides is 2. The number of nitrogens with one attached hydrogen (secondary N) is 1. The van der Waals surface area contributed by atoms with Crippen LogP contribution in [-0.2, 0) is 11.3 Å². The summed E-state index contributed by atoms with van der Waals surface area (Å²) in [5.74, 6) is 0.911. The van der Waals surface area contributed by atoms with Gasteiger partial charge in [0.25, 0.3) is 11.6 Å². The molecule has 0 saturated heterocycles. The van der Waals surface area contributed by atoms with E-state index >= 15 is 0 Å². The van der Waals surface area contributed by atoms with Crippen molar-refractivity contribution >= 4 is 68.4 Å². The second-order valence-corrected chi connectivity index (χ2v) is 10.9. The van der Waals surface area contributed by atoms with Gasteiger partial charge >= 0.3 is 0 Å². The van der Waals surface area contributed by atoms with E-state index in [1.807, 2.05) is 12.3 Å². The Kier molecular flexibility index (Phi) is 10.8. The summed E-state index contributed by atoms with van der Waals surface area (Å²) in [6.45, 7) is 0.273. The Morgan fingerprint density at radius 2 is 1.82 bits per heavy atom. The molecule has 0 bridgehead atoms. The standard InChI is InChI=1S/C26H24BrCl2N3O5S/c1-31(15-17-6-7-19(13-21(17)27)37-20-8-9-22(28)23(29)14-20)26(34)24(10-11-38-2)30-25(33)16-4-3-5-18(12-16)32(35)36/h3-9,12-14,24H,10-11,15H2,1-2H3,(H,30,33). The van der Waals surface area contributed by atoms with Gasteiger partial charge in [-0.25, -0.2) is 0 Å². The predicted octanol–water partition coefficient (Wildman–Crippen LogP) is 6.97. The topological polar surface area (TPSA) is 102 Å². The third-order valence-electron chi connectivity index (χ3n) is 5.47. The molecule has 3 aromatic rings. The number of benzene rings is 3. The molecule has 0 aliphatic heterocycles. The van der Waals surface area contributed by atoms with E-state index in [1.54, 1.807) is 49.1 Å². The number of nitro benzene ring substituents is 1. The van der Waals surface area contributed by atoms with Crippen LogP contribution in [0.5, 0.6) is 11.5 Å². The van der Waals surface area contributed by atoms with Gasteiger partial charge < -0.3 is 15.0 Å². The Morgan fingerprint density at radius 3 is 2.47 bits per heavy atom. The number of rotatable bonds is 11. The van der Waals surface area contributed by atoms with Gasteiger partial charge in [-0.3, -0.25) is 19.7 Å². The first-order chi connectivity index (χ1) is 18.1. The van der Waals surface area contributed by atoms with Gasteiger partial charge in [0.2, 0.25) is 5.91 Å². The van der Waals surface area contributed by atoms with Crippen molar-refractivity contribution in [3.8, 4) is 11.5 Å². The minimum Gasteiger partial charge on any atom is -0.457 e. The van der Waals surface area contributed by atoms with Gasteiger partial charge in [-0.2, -0.15) is 11.8 Å². The normalized spacial score (nSPS) is 11.5. The van der Waals surface area contributed by atoms with Crippen LogP contribution in [0.1, 0.15) is 22.3 Å². The van der Waals surface area contributed by atoms with Gasteiger partial charge in [0, 0.05) is 41.8 Å². The number of thioether (sulfide) groups is 1. The number of likely N-dealkylation sites (N-methyl/N-ethyl adjacent to an activating group) is 1. The molecule has 38 heavy (non-hydrogen) atoms. The minimum atomic E-state index is -0.796. The van der Waals surface area contributed by atoms with Crippen molar-refractivity contribution in [1.29, 1.82) is 0 Å². The molecule has 2 amide bonds. The molecular formula is C26H24BrCl2N3O5S. The van der Waals surface area contributed by atoms with Crippen molar-refractivity contribution in [3.63, 3.8) is 0 Å². The lowest BCUT2D eigenvalue weighted by atomic mass is 10.1. The number of non-ortho nitro benzene ring substituents is 1. The molecule has 0 radical (unpaired) electrons. The molecule has 12 heteroatoms. The van der Waals surface area contributed by atoms with Crippen LogP contribution >= 0.6 is 50.9 Å². The highest BCUT2D eigenvalue weighted by Crippen LogP contribution is 2.31. The van der Waals surface area contributed by atoms with E-state index in [-0.39, 0.29) is 23.7 Å². The number of carbonyl (C=O) groups is 2. The third kappa shape index (κ3) is 8.10. The van der Waals surface area contributed by atoms with Crippen molar-refractivity contribution in [2.24, 2.45) is 0 Å². The number of ether oxygens (including phenoxy) is 1. The molecule has 0 saturated carbocycles. The monoisotopic (exact) mass is 639 g/mol. The highest BCUT2D eigenvalue weighted by Gasteiger charge is 2.25. The van der Waals surface area contributed by atoms with E-state index in [9.17, 15) is 19.7 Å². The zero-order valence-electron chi connectivity index (χ0n) is 20.4. The molecule has 1 unspecified atom stereocenters.